The number of aromatic amines is 1. The molecule has 3 aromatic carbocycles. The Morgan fingerprint density at radius 1 is 0.938 bits per heavy atom. The average molecular weight is 447 g/mol. The van der Waals surface area contributed by atoms with E-state index in [1.807, 2.05) is 49.4 Å². The van der Waals surface area contributed by atoms with Crippen molar-refractivity contribution in [1.29, 1.82) is 0 Å². The van der Waals surface area contributed by atoms with Gasteiger partial charge in [-0.25, -0.2) is 13.4 Å². The fraction of sp³-hybridized carbons (Fsp3) is 0.125. The van der Waals surface area contributed by atoms with Gasteiger partial charge in [0.15, 0.2) is 21.5 Å². The van der Waals surface area contributed by atoms with Crippen LogP contribution in [0, 0.1) is 6.92 Å². The number of amides is 1. The molecule has 0 radical (unpaired) electrons. The fourth-order valence-electron chi connectivity index (χ4n) is 3.20. The van der Waals surface area contributed by atoms with Crippen LogP contribution >= 0.6 is 0 Å². The zero-order valence-corrected chi connectivity index (χ0v) is 18.3. The van der Waals surface area contributed by atoms with Crippen molar-refractivity contribution in [2.45, 2.75) is 18.2 Å². The second-order valence-electron chi connectivity index (χ2n) is 7.35. The van der Waals surface area contributed by atoms with E-state index < -0.39 is 15.7 Å². The Morgan fingerprint density at radius 3 is 2.38 bits per heavy atom. The molecule has 0 bridgehead atoms. The molecule has 0 aliphatic carbocycles. The Labute approximate surface area is 186 Å². The number of nitrogens with one attached hydrogen (secondary N) is 2. The predicted molar refractivity (Wildman–Crippen MR) is 124 cm³/mol. The number of aromatic nitrogens is 3. The molecular formula is C24H22N4O3S. The third kappa shape index (κ3) is 4.92. The molecule has 0 saturated carbocycles. The quantitative estimate of drug-likeness (QED) is 0.442. The Morgan fingerprint density at radius 2 is 1.62 bits per heavy atom. The normalized spacial score (nSPS) is 11.3. The highest BCUT2D eigenvalue weighted by Crippen LogP contribution is 2.27. The summed E-state index contributed by atoms with van der Waals surface area (Å²) in [6, 6.07) is 23.3. The minimum atomic E-state index is -3.54. The summed E-state index contributed by atoms with van der Waals surface area (Å²) in [6.45, 7) is 1.89. The van der Waals surface area contributed by atoms with Gasteiger partial charge in [-0.15, -0.1) is 0 Å². The zero-order chi connectivity index (χ0) is 22.6. The van der Waals surface area contributed by atoms with Crippen LogP contribution in [-0.2, 0) is 14.6 Å². The van der Waals surface area contributed by atoms with Gasteiger partial charge in [0.2, 0.25) is 5.91 Å². The molecule has 4 rings (SSSR count). The maximum atomic E-state index is 12.5. The van der Waals surface area contributed by atoms with E-state index in [1.165, 1.54) is 0 Å². The van der Waals surface area contributed by atoms with Gasteiger partial charge in [-0.05, 0) is 31.2 Å². The second kappa shape index (κ2) is 9.15. The first kappa shape index (κ1) is 21.5. The lowest BCUT2D eigenvalue weighted by molar-refractivity contribution is -0.115. The van der Waals surface area contributed by atoms with Crippen molar-refractivity contribution in [2.75, 3.05) is 11.1 Å². The summed E-state index contributed by atoms with van der Waals surface area (Å²) in [5, 5.41) is 9.97. The van der Waals surface area contributed by atoms with Crippen LogP contribution in [0.25, 0.3) is 22.8 Å². The number of H-pyrrole nitrogens is 1. The standard InChI is InChI=1S/C24H22N4O3S/c1-17-11-13-19(14-12-17)32(30,31)16-15-22(29)25-21-10-6-5-9-20(21)24-26-23(27-28-24)18-7-3-2-4-8-18/h2-14H,15-16H2,1H3,(H,25,29)(H,26,27,28). The summed E-state index contributed by atoms with van der Waals surface area (Å²) in [5.41, 5.74) is 3.04. The molecule has 4 aromatic rings. The van der Waals surface area contributed by atoms with Gasteiger partial charge in [-0.3, -0.25) is 9.89 Å². The van der Waals surface area contributed by atoms with Crippen LogP contribution in [0.15, 0.2) is 83.8 Å². The molecule has 0 saturated heterocycles. The summed E-state index contributed by atoms with van der Waals surface area (Å²) >= 11 is 0. The number of sulfone groups is 1. The van der Waals surface area contributed by atoms with E-state index in [2.05, 4.69) is 20.5 Å². The molecule has 7 nitrogen and oxygen atoms in total. The largest absolute Gasteiger partial charge is 0.325 e. The number of nitrogens with zero attached hydrogens (tertiary/aromatic N) is 2. The van der Waals surface area contributed by atoms with Gasteiger partial charge in [0, 0.05) is 17.5 Å². The molecule has 8 heteroatoms. The number of hydrogen-bond donors (Lipinski definition) is 2. The van der Waals surface area contributed by atoms with Gasteiger partial charge in [0.05, 0.1) is 16.3 Å². The number of aryl methyl sites for hydroxylation is 1. The minimum Gasteiger partial charge on any atom is -0.325 e. The molecule has 1 amide bonds. The molecule has 1 aromatic heterocycles. The van der Waals surface area contributed by atoms with Crippen LogP contribution in [0.2, 0.25) is 0 Å². The minimum absolute atomic E-state index is 0.157. The van der Waals surface area contributed by atoms with Crippen LogP contribution in [0.3, 0.4) is 0 Å². The predicted octanol–water partition coefficient (Wildman–Crippen LogP) is 4.25. The SMILES string of the molecule is Cc1ccc(S(=O)(=O)CCC(=O)Nc2ccccc2-c2nc(-c3ccccc3)n[nH]2)cc1. The molecule has 0 fully saturated rings. The third-order valence-electron chi connectivity index (χ3n) is 4.95. The second-order valence-corrected chi connectivity index (χ2v) is 9.46. The van der Waals surface area contributed by atoms with Crippen molar-refractivity contribution in [1.82, 2.24) is 15.2 Å². The number of hydrogen-bond acceptors (Lipinski definition) is 5. The van der Waals surface area contributed by atoms with E-state index in [4.69, 9.17) is 0 Å². The molecular weight excluding hydrogens is 424 g/mol. The van der Waals surface area contributed by atoms with E-state index in [0.29, 0.717) is 22.9 Å². The Hall–Kier alpha value is -3.78. The number of carbonyl (C=O) groups is 1. The monoisotopic (exact) mass is 446 g/mol. The van der Waals surface area contributed by atoms with E-state index in [-0.39, 0.29) is 17.1 Å². The van der Waals surface area contributed by atoms with Crippen LogP contribution in [-0.4, -0.2) is 35.3 Å². The van der Waals surface area contributed by atoms with Crippen LogP contribution < -0.4 is 5.32 Å². The molecule has 162 valence electrons. The van der Waals surface area contributed by atoms with Crippen molar-refractivity contribution in [3.8, 4) is 22.8 Å². The molecule has 1 heterocycles. The van der Waals surface area contributed by atoms with E-state index in [9.17, 15) is 13.2 Å². The highest BCUT2D eigenvalue weighted by Gasteiger charge is 2.18. The van der Waals surface area contributed by atoms with Crippen molar-refractivity contribution in [3.05, 3.63) is 84.4 Å². The number of anilines is 1. The van der Waals surface area contributed by atoms with E-state index in [1.54, 1.807) is 36.4 Å². The number of benzene rings is 3. The Bertz CT molecular complexity index is 1330. The zero-order valence-electron chi connectivity index (χ0n) is 17.4. The average Bonchev–Trinajstić information content (AvgIpc) is 3.29. The van der Waals surface area contributed by atoms with Crippen molar-refractivity contribution >= 4 is 21.4 Å². The lowest BCUT2D eigenvalue weighted by atomic mass is 10.1. The van der Waals surface area contributed by atoms with Gasteiger partial charge < -0.3 is 5.32 Å². The maximum Gasteiger partial charge on any atom is 0.225 e. The molecule has 0 aliphatic rings. The molecule has 0 atom stereocenters. The number of para-hydroxylation sites is 1. The van der Waals surface area contributed by atoms with Gasteiger partial charge in [0.25, 0.3) is 0 Å². The van der Waals surface area contributed by atoms with Crippen LogP contribution in [0.5, 0.6) is 0 Å². The lowest BCUT2D eigenvalue weighted by Crippen LogP contribution is -2.18. The van der Waals surface area contributed by atoms with Crippen molar-refractivity contribution in [2.24, 2.45) is 0 Å². The summed E-state index contributed by atoms with van der Waals surface area (Å²) in [5.74, 6) is 0.388. The smallest absolute Gasteiger partial charge is 0.225 e. The third-order valence-corrected chi connectivity index (χ3v) is 6.68. The molecule has 0 unspecified atom stereocenters. The van der Waals surface area contributed by atoms with Gasteiger partial charge in [-0.1, -0.05) is 60.2 Å². The topological polar surface area (TPSA) is 105 Å². The first-order chi connectivity index (χ1) is 15.4. The number of carbonyl (C=O) groups excluding carboxylic acids is 1. The Kier molecular flexibility index (Phi) is 6.13. The highest BCUT2D eigenvalue weighted by molar-refractivity contribution is 7.91. The van der Waals surface area contributed by atoms with Crippen LogP contribution in [0.4, 0.5) is 5.69 Å². The summed E-state index contributed by atoms with van der Waals surface area (Å²) in [7, 11) is -3.54. The van der Waals surface area contributed by atoms with E-state index >= 15 is 0 Å². The van der Waals surface area contributed by atoms with Gasteiger partial charge in [0.1, 0.15) is 0 Å². The maximum absolute atomic E-state index is 12.5. The van der Waals surface area contributed by atoms with Gasteiger partial charge in [-0.2, -0.15) is 5.10 Å². The first-order valence-electron chi connectivity index (χ1n) is 10.1. The first-order valence-corrected chi connectivity index (χ1v) is 11.7. The van der Waals surface area contributed by atoms with Crippen LogP contribution in [0.1, 0.15) is 12.0 Å². The summed E-state index contributed by atoms with van der Waals surface area (Å²) < 4.78 is 25.0. The van der Waals surface area contributed by atoms with Crippen molar-refractivity contribution in [3.63, 3.8) is 0 Å². The molecule has 0 spiro atoms. The molecule has 32 heavy (non-hydrogen) atoms. The lowest BCUT2D eigenvalue weighted by Gasteiger charge is -2.10. The summed E-state index contributed by atoms with van der Waals surface area (Å²) in [4.78, 5) is 17.3. The fourth-order valence-corrected chi connectivity index (χ4v) is 4.44. The van der Waals surface area contributed by atoms with Gasteiger partial charge >= 0.3 is 0 Å². The molecule has 0 aliphatic heterocycles. The molecule has 2 N–H and O–H groups in total. The van der Waals surface area contributed by atoms with Crippen molar-refractivity contribution < 1.29 is 13.2 Å². The Balaban J connectivity index is 1.47. The van der Waals surface area contributed by atoms with E-state index in [0.717, 1.165) is 11.1 Å². The highest BCUT2D eigenvalue weighted by atomic mass is 32.2. The summed E-state index contributed by atoms with van der Waals surface area (Å²) in [6.07, 6.45) is -0.157. The number of rotatable bonds is 7.